The SMILES string of the molecule is CCN[C@@H](C)COc1ccc(Cl)cc1. The van der Waals surface area contributed by atoms with Crippen LogP contribution in [0.4, 0.5) is 0 Å². The zero-order valence-corrected chi connectivity index (χ0v) is 9.34. The highest BCUT2D eigenvalue weighted by Gasteiger charge is 2.00. The molecular weight excluding hydrogens is 198 g/mol. The van der Waals surface area contributed by atoms with Crippen LogP contribution in [0.2, 0.25) is 5.02 Å². The van der Waals surface area contributed by atoms with Gasteiger partial charge < -0.3 is 10.1 Å². The van der Waals surface area contributed by atoms with Crippen molar-refractivity contribution in [1.29, 1.82) is 0 Å². The van der Waals surface area contributed by atoms with E-state index >= 15 is 0 Å². The molecule has 78 valence electrons. The highest BCUT2D eigenvalue weighted by atomic mass is 35.5. The third kappa shape index (κ3) is 3.99. The quantitative estimate of drug-likeness (QED) is 0.812. The van der Waals surface area contributed by atoms with Crippen LogP contribution in [0.15, 0.2) is 24.3 Å². The summed E-state index contributed by atoms with van der Waals surface area (Å²) >= 11 is 5.76. The van der Waals surface area contributed by atoms with Crippen molar-refractivity contribution >= 4 is 11.6 Å². The second-order valence-electron chi connectivity index (χ2n) is 3.22. The summed E-state index contributed by atoms with van der Waals surface area (Å²) < 4.78 is 5.55. The number of ether oxygens (including phenoxy) is 1. The molecule has 0 saturated carbocycles. The molecule has 0 aliphatic carbocycles. The second kappa shape index (κ2) is 5.89. The Labute approximate surface area is 90.2 Å². The molecule has 0 spiro atoms. The summed E-state index contributed by atoms with van der Waals surface area (Å²) in [5.74, 6) is 0.860. The lowest BCUT2D eigenvalue weighted by molar-refractivity contribution is 0.275. The largest absolute Gasteiger partial charge is 0.492 e. The maximum atomic E-state index is 5.76. The first-order valence-corrected chi connectivity index (χ1v) is 5.22. The van der Waals surface area contributed by atoms with Gasteiger partial charge in [-0.3, -0.25) is 0 Å². The maximum Gasteiger partial charge on any atom is 0.119 e. The molecular formula is C11H16ClNO. The van der Waals surface area contributed by atoms with Crippen LogP contribution in [0, 0.1) is 0 Å². The molecule has 2 nitrogen and oxygen atoms in total. The van der Waals surface area contributed by atoms with E-state index in [1.807, 2.05) is 24.3 Å². The van der Waals surface area contributed by atoms with E-state index in [4.69, 9.17) is 16.3 Å². The summed E-state index contributed by atoms with van der Waals surface area (Å²) in [5, 5.41) is 4.01. The van der Waals surface area contributed by atoms with Gasteiger partial charge in [0.2, 0.25) is 0 Å². The second-order valence-corrected chi connectivity index (χ2v) is 3.66. The van der Waals surface area contributed by atoms with Crippen LogP contribution in [0.3, 0.4) is 0 Å². The van der Waals surface area contributed by atoms with Gasteiger partial charge in [-0.2, -0.15) is 0 Å². The van der Waals surface area contributed by atoms with Crippen molar-refractivity contribution < 1.29 is 4.74 Å². The lowest BCUT2D eigenvalue weighted by atomic mass is 10.3. The fraction of sp³-hybridized carbons (Fsp3) is 0.455. The Hall–Kier alpha value is -0.730. The lowest BCUT2D eigenvalue weighted by Gasteiger charge is -2.13. The minimum atomic E-state index is 0.371. The van der Waals surface area contributed by atoms with Crippen LogP contribution in [0.5, 0.6) is 5.75 Å². The van der Waals surface area contributed by atoms with Crippen molar-refractivity contribution in [1.82, 2.24) is 5.32 Å². The Kier molecular flexibility index (Phi) is 4.77. The predicted molar refractivity (Wildman–Crippen MR) is 60.1 cm³/mol. The molecule has 1 rings (SSSR count). The van der Waals surface area contributed by atoms with E-state index in [1.54, 1.807) is 0 Å². The molecule has 1 aromatic carbocycles. The number of benzene rings is 1. The van der Waals surface area contributed by atoms with Gasteiger partial charge in [-0.25, -0.2) is 0 Å². The minimum Gasteiger partial charge on any atom is -0.492 e. The maximum absolute atomic E-state index is 5.76. The molecule has 0 aromatic heterocycles. The molecule has 0 unspecified atom stereocenters. The summed E-state index contributed by atoms with van der Waals surface area (Å²) in [6, 6.07) is 7.78. The first-order valence-electron chi connectivity index (χ1n) is 4.84. The number of likely N-dealkylation sites (N-methyl/N-ethyl adjacent to an activating group) is 1. The van der Waals surface area contributed by atoms with Gasteiger partial charge in [0.15, 0.2) is 0 Å². The van der Waals surface area contributed by atoms with Gasteiger partial charge in [-0.05, 0) is 37.7 Å². The first-order chi connectivity index (χ1) is 6.72. The van der Waals surface area contributed by atoms with Crippen molar-refractivity contribution in [2.75, 3.05) is 13.2 Å². The van der Waals surface area contributed by atoms with Gasteiger partial charge in [0.1, 0.15) is 12.4 Å². The molecule has 14 heavy (non-hydrogen) atoms. The van der Waals surface area contributed by atoms with Crippen molar-refractivity contribution in [3.05, 3.63) is 29.3 Å². The van der Waals surface area contributed by atoms with Crippen molar-refractivity contribution in [2.45, 2.75) is 19.9 Å². The Morgan fingerprint density at radius 3 is 2.57 bits per heavy atom. The number of halogens is 1. The molecule has 0 fully saturated rings. The third-order valence-electron chi connectivity index (χ3n) is 1.87. The van der Waals surface area contributed by atoms with E-state index in [0.717, 1.165) is 17.3 Å². The van der Waals surface area contributed by atoms with E-state index in [9.17, 15) is 0 Å². The Balaban J connectivity index is 2.34. The molecule has 0 saturated heterocycles. The fourth-order valence-corrected chi connectivity index (χ4v) is 1.29. The van der Waals surface area contributed by atoms with E-state index < -0.39 is 0 Å². The highest BCUT2D eigenvalue weighted by Crippen LogP contribution is 2.15. The Bertz CT molecular complexity index is 260. The molecule has 0 aliphatic rings. The number of rotatable bonds is 5. The molecule has 0 aliphatic heterocycles. The smallest absolute Gasteiger partial charge is 0.119 e. The summed E-state index contributed by atoms with van der Waals surface area (Å²) in [5.41, 5.74) is 0. The van der Waals surface area contributed by atoms with Gasteiger partial charge in [-0.1, -0.05) is 18.5 Å². The minimum absolute atomic E-state index is 0.371. The molecule has 1 atom stereocenters. The van der Waals surface area contributed by atoms with Gasteiger partial charge in [0, 0.05) is 11.1 Å². The number of hydrogen-bond donors (Lipinski definition) is 1. The first kappa shape index (κ1) is 11.3. The molecule has 3 heteroatoms. The van der Waals surface area contributed by atoms with Crippen LogP contribution in [-0.2, 0) is 0 Å². The zero-order chi connectivity index (χ0) is 10.4. The predicted octanol–water partition coefficient (Wildman–Crippen LogP) is 2.72. The summed E-state index contributed by atoms with van der Waals surface area (Å²) in [6.07, 6.45) is 0. The standard InChI is InChI=1S/C11H16ClNO/c1-3-13-9(2)8-14-11-6-4-10(12)5-7-11/h4-7,9,13H,3,8H2,1-2H3/t9-/m0/s1. The van der Waals surface area contributed by atoms with E-state index in [1.165, 1.54) is 0 Å². The van der Waals surface area contributed by atoms with Gasteiger partial charge in [0.25, 0.3) is 0 Å². The monoisotopic (exact) mass is 213 g/mol. The molecule has 1 N–H and O–H groups in total. The fourth-order valence-electron chi connectivity index (χ4n) is 1.16. The highest BCUT2D eigenvalue weighted by molar-refractivity contribution is 6.30. The van der Waals surface area contributed by atoms with E-state index in [2.05, 4.69) is 19.2 Å². The summed E-state index contributed by atoms with van der Waals surface area (Å²) in [7, 11) is 0. The van der Waals surface area contributed by atoms with Crippen LogP contribution < -0.4 is 10.1 Å². The Morgan fingerprint density at radius 2 is 2.00 bits per heavy atom. The van der Waals surface area contributed by atoms with E-state index in [0.29, 0.717) is 12.6 Å². The van der Waals surface area contributed by atoms with Crippen LogP contribution >= 0.6 is 11.6 Å². The molecule has 0 amide bonds. The normalized spacial score (nSPS) is 12.5. The zero-order valence-electron chi connectivity index (χ0n) is 8.59. The lowest BCUT2D eigenvalue weighted by Crippen LogP contribution is -2.31. The number of nitrogens with one attached hydrogen (secondary N) is 1. The van der Waals surface area contributed by atoms with Crippen LogP contribution in [-0.4, -0.2) is 19.2 Å². The third-order valence-corrected chi connectivity index (χ3v) is 2.12. The molecule has 0 heterocycles. The van der Waals surface area contributed by atoms with Crippen LogP contribution in [0.1, 0.15) is 13.8 Å². The van der Waals surface area contributed by atoms with Gasteiger partial charge in [0.05, 0.1) is 0 Å². The molecule has 0 bridgehead atoms. The summed E-state index contributed by atoms with van der Waals surface area (Å²) in [6.45, 7) is 5.82. The average Bonchev–Trinajstić information content (AvgIpc) is 2.17. The van der Waals surface area contributed by atoms with Crippen molar-refractivity contribution in [3.63, 3.8) is 0 Å². The van der Waals surface area contributed by atoms with Crippen LogP contribution in [0.25, 0.3) is 0 Å². The van der Waals surface area contributed by atoms with E-state index in [-0.39, 0.29) is 0 Å². The topological polar surface area (TPSA) is 21.3 Å². The van der Waals surface area contributed by atoms with Crippen molar-refractivity contribution in [2.24, 2.45) is 0 Å². The molecule has 1 aromatic rings. The number of hydrogen-bond acceptors (Lipinski definition) is 2. The molecule has 0 radical (unpaired) electrons. The Morgan fingerprint density at radius 1 is 1.36 bits per heavy atom. The average molecular weight is 214 g/mol. The van der Waals surface area contributed by atoms with Gasteiger partial charge >= 0.3 is 0 Å². The summed E-state index contributed by atoms with van der Waals surface area (Å²) in [4.78, 5) is 0. The van der Waals surface area contributed by atoms with Gasteiger partial charge in [-0.15, -0.1) is 0 Å². The van der Waals surface area contributed by atoms with Crippen molar-refractivity contribution in [3.8, 4) is 5.75 Å².